The quantitative estimate of drug-likeness (QED) is 0.919. The van der Waals surface area contributed by atoms with Crippen molar-refractivity contribution in [2.75, 3.05) is 7.05 Å². The van der Waals surface area contributed by atoms with Crippen LogP contribution in [0.15, 0.2) is 36.5 Å². The van der Waals surface area contributed by atoms with Gasteiger partial charge in [0, 0.05) is 16.2 Å². The number of aryl methyl sites for hydroxylation is 1. The molecular weight excluding hydrogens is 267 g/mol. The first-order valence-electron chi connectivity index (χ1n) is 5.66. The molecule has 94 valence electrons. The van der Waals surface area contributed by atoms with Gasteiger partial charge in [-0.1, -0.05) is 23.2 Å². The average Bonchev–Trinajstić information content (AvgIpc) is 2.35. The Morgan fingerprint density at radius 1 is 1.17 bits per heavy atom. The second-order valence-corrected chi connectivity index (χ2v) is 4.99. The van der Waals surface area contributed by atoms with Crippen molar-refractivity contribution in [1.29, 1.82) is 0 Å². The Labute approximate surface area is 117 Å². The van der Waals surface area contributed by atoms with Gasteiger partial charge in [-0.3, -0.25) is 4.98 Å². The Morgan fingerprint density at radius 3 is 2.61 bits per heavy atom. The van der Waals surface area contributed by atoms with Gasteiger partial charge in [0.2, 0.25) is 0 Å². The first-order valence-corrected chi connectivity index (χ1v) is 6.42. The zero-order valence-electron chi connectivity index (χ0n) is 10.2. The molecule has 1 heterocycles. The van der Waals surface area contributed by atoms with E-state index in [1.54, 1.807) is 18.3 Å². The van der Waals surface area contributed by atoms with Gasteiger partial charge in [0.15, 0.2) is 0 Å². The molecule has 2 aromatic rings. The molecule has 0 saturated heterocycles. The number of nitrogens with zero attached hydrogens (tertiary/aromatic N) is 1. The van der Waals surface area contributed by atoms with Crippen molar-refractivity contribution in [3.63, 3.8) is 0 Å². The molecule has 18 heavy (non-hydrogen) atoms. The molecule has 1 atom stereocenters. The first-order chi connectivity index (χ1) is 8.61. The zero-order valence-corrected chi connectivity index (χ0v) is 11.8. The number of benzene rings is 1. The van der Waals surface area contributed by atoms with E-state index in [1.165, 1.54) is 5.56 Å². The predicted octanol–water partition coefficient (Wildman–Crippen LogP) is 4.01. The summed E-state index contributed by atoms with van der Waals surface area (Å²) < 4.78 is 0. The van der Waals surface area contributed by atoms with E-state index in [0.29, 0.717) is 10.0 Å². The molecule has 0 radical (unpaired) electrons. The SMILES string of the molecule is CNC(c1cc(C)ccn1)c1cc(Cl)ccc1Cl. The van der Waals surface area contributed by atoms with Crippen molar-refractivity contribution >= 4 is 23.2 Å². The van der Waals surface area contributed by atoms with Crippen molar-refractivity contribution in [2.45, 2.75) is 13.0 Å². The molecule has 2 rings (SSSR count). The van der Waals surface area contributed by atoms with Gasteiger partial charge in [0.1, 0.15) is 0 Å². The lowest BCUT2D eigenvalue weighted by molar-refractivity contribution is 0.670. The molecule has 0 spiro atoms. The highest BCUT2D eigenvalue weighted by atomic mass is 35.5. The molecule has 0 bridgehead atoms. The molecule has 0 aliphatic heterocycles. The number of aromatic nitrogens is 1. The van der Waals surface area contributed by atoms with E-state index in [1.807, 2.05) is 32.2 Å². The summed E-state index contributed by atoms with van der Waals surface area (Å²) in [4.78, 5) is 4.39. The Hall–Kier alpha value is -1.09. The maximum Gasteiger partial charge on any atom is 0.0764 e. The van der Waals surface area contributed by atoms with Gasteiger partial charge >= 0.3 is 0 Å². The number of nitrogens with one attached hydrogen (secondary N) is 1. The molecule has 0 amide bonds. The number of hydrogen-bond donors (Lipinski definition) is 1. The normalized spacial score (nSPS) is 12.4. The second kappa shape index (κ2) is 5.70. The van der Waals surface area contributed by atoms with Crippen molar-refractivity contribution in [2.24, 2.45) is 0 Å². The third kappa shape index (κ3) is 2.83. The van der Waals surface area contributed by atoms with Crippen molar-refractivity contribution in [1.82, 2.24) is 10.3 Å². The van der Waals surface area contributed by atoms with Crippen LogP contribution in [-0.4, -0.2) is 12.0 Å². The zero-order chi connectivity index (χ0) is 13.1. The van der Waals surface area contributed by atoms with Crippen molar-refractivity contribution in [3.8, 4) is 0 Å². The van der Waals surface area contributed by atoms with Gasteiger partial charge in [-0.2, -0.15) is 0 Å². The number of rotatable bonds is 3. The van der Waals surface area contributed by atoms with E-state index in [4.69, 9.17) is 23.2 Å². The highest BCUT2D eigenvalue weighted by Gasteiger charge is 2.16. The largest absolute Gasteiger partial charge is 0.308 e. The van der Waals surface area contributed by atoms with Crippen LogP contribution in [0.2, 0.25) is 10.0 Å². The monoisotopic (exact) mass is 280 g/mol. The fourth-order valence-electron chi connectivity index (χ4n) is 1.92. The minimum Gasteiger partial charge on any atom is -0.308 e. The van der Waals surface area contributed by atoms with Crippen LogP contribution in [0.4, 0.5) is 0 Å². The Bertz CT molecular complexity index is 555. The molecular formula is C14H14Cl2N2. The molecule has 0 aliphatic carbocycles. The topological polar surface area (TPSA) is 24.9 Å². The van der Waals surface area contributed by atoms with Gasteiger partial charge in [0.25, 0.3) is 0 Å². The number of pyridine rings is 1. The summed E-state index contributed by atoms with van der Waals surface area (Å²) in [6.45, 7) is 2.04. The maximum absolute atomic E-state index is 6.23. The summed E-state index contributed by atoms with van der Waals surface area (Å²) in [5.41, 5.74) is 3.03. The van der Waals surface area contributed by atoms with Crippen LogP contribution < -0.4 is 5.32 Å². The van der Waals surface area contributed by atoms with E-state index in [9.17, 15) is 0 Å². The van der Waals surface area contributed by atoms with E-state index >= 15 is 0 Å². The highest BCUT2D eigenvalue weighted by molar-refractivity contribution is 6.33. The third-order valence-corrected chi connectivity index (χ3v) is 3.37. The van der Waals surface area contributed by atoms with E-state index < -0.39 is 0 Å². The van der Waals surface area contributed by atoms with E-state index in [-0.39, 0.29) is 6.04 Å². The highest BCUT2D eigenvalue weighted by Crippen LogP contribution is 2.29. The molecule has 1 unspecified atom stereocenters. The number of halogens is 2. The first kappa shape index (κ1) is 13.3. The molecule has 1 aromatic carbocycles. The van der Waals surface area contributed by atoms with Gasteiger partial charge < -0.3 is 5.32 Å². The van der Waals surface area contributed by atoms with Crippen LogP contribution >= 0.6 is 23.2 Å². The minimum atomic E-state index is -0.0592. The third-order valence-electron chi connectivity index (χ3n) is 2.79. The summed E-state index contributed by atoms with van der Waals surface area (Å²) >= 11 is 12.3. The minimum absolute atomic E-state index is 0.0592. The average molecular weight is 281 g/mol. The van der Waals surface area contributed by atoms with Gasteiger partial charge in [0.05, 0.1) is 11.7 Å². The molecule has 4 heteroatoms. The lowest BCUT2D eigenvalue weighted by Gasteiger charge is -2.18. The van der Waals surface area contributed by atoms with Crippen LogP contribution in [0.5, 0.6) is 0 Å². The summed E-state index contributed by atoms with van der Waals surface area (Å²) in [6, 6.07) is 9.41. The molecule has 1 N–H and O–H groups in total. The Balaban J connectivity index is 2.48. The fraction of sp³-hybridized carbons (Fsp3) is 0.214. The van der Waals surface area contributed by atoms with Crippen LogP contribution in [-0.2, 0) is 0 Å². The molecule has 2 nitrogen and oxygen atoms in total. The lowest BCUT2D eigenvalue weighted by Crippen LogP contribution is -2.19. The molecule has 0 saturated carbocycles. The molecule has 0 fully saturated rings. The number of hydrogen-bond acceptors (Lipinski definition) is 2. The smallest absolute Gasteiger partial charge is 0.0764 e. The standard InChI is InChI=1S/C14H14Cl2N2/c1-9-5-6-18-13(7-9)14(17-2)11-8-10(15)3-4-12(11)16/h3-8,14,17H,1-2H3. The predicted molar refractivity (Wildman–Crippen MR) is 76.3 cm³/mol. The summed E-state index contributed by atoms with van der Waals surface area (Å²) in [5.74, 6) is 0. The van der Waals surface area contributed by atoms with Crippen LogP contribution in [0.1, 0.15) is 22.9 Å². The van der Waals surface area contributed by atoms with Crippen LogP contribution in [0, 0.1) is 6.92 Å². The summed E-state index contributed by atoms with van der Waals surface area (Å²) in [7, 11) is 1.88. The Morgan fingerprint density at radius 2 is 1.94 bits per heavy atom. The molecule has 1 aromatic heterocycles. The van der Waals surface area contributed by atoms with Gasteiger partial charge in [-0.25, -0.2) is 0 Å². The fourth-order valence-corrected chi connectivity index (χ4v) is 2.32. The lowest BCUT2D eigenvalue weighted by atomic mass is 10.0. The van der Waals surface area contributed by atoms with Gasteiger partial charge in [-0.15, -0.1) is 0 Å². The van der Waals surface area contributed by atoms with E-state index in [2.05, 4.69) is 10.3 Å². The van der Waals surface area contributed by atoms with Crippen molar-refractivity contribution < 1.29 is 0 Å². The molecule has 0 aliphatic rings. The van der Waals surface area contributed by atoms with Crippen LogP contribution in [0.25, 0.3) is 0 Å². The van der Waals surface area contributed by atoms with Crippen molar-refractivity contribution in [3.05, 3.63) is 63.4 Å². The summed E-state index contributed by atoms with van der Waals surface area (Å²) in [6.07, 6.45) is 1.80. The maximum atomic E-state index is 6.23. The Kier molecular flexibility index (Phi) is 4.23. The van der Waals surface area contributed by atoms with E-state index in [0.717, 1.165) is 11.3 Å². The van der Waals surface area contributed by atoms with Crippen LogP contribution in [0.3, 0.4) is 0 Å². The van der Waals surface area contributed by atoms with Gasteiger partial charge in [-0.05, 0) is 55.4 Å². The summed E-state index contributed by atoms with van der Waals surface area (Å²) in [5, 5.41) is 4.58. The second-order valence-electron chi connectivity index (χ2n) is 4.15.